The zero-order valence-corrected chi connectivity index (χ0v) is 14.7. The summed E-state index contributed by atoms with van der Waals surface area (Å²) in [4.78, 5) is 13.9. The normalized spacial score (nSPS) is 16.2. The monoisotopic (exact) mass is 319 g/mol. The molecular weight excluding hydrogens is 290 g/mol. The molecule has 1 fully saturated rings. The summed E-state index contributed by atoms with van der Waals surface area (Å²) in [6.07, 6.45) is 2.03. The minimum absolute atomic E-state index is 0.0819. The predicted molar refractivity (Wildman–Crippen MR) is 91.8 cm³/mol. The summed E-state index contributed by atoms with van der Waals surface area (Å²) in [6.45, 7) is 9.93. The smallest absolute Gasteiger partial charge is 0.248 e. The summed E-state index contributed by atoms with van der Waals surface area (Å²) < 4.78 is 11.4. The molecule has 1 aromatic rings. The fourth-order valence-electron chi connectivity index (χ4n) is 2.68. The average Bonchev–Trinajstić information content (AvgIpc) is 2.54. The number of ether oxygens (including phenoxy) is 2. The molecule has 0 unspecified atom stereocenters. The summed E-state index contributed by atoms with van der Waals surface area (Å²) in [5, 5.41) is 0. The van der Waals surface area contributed by atoms with Gasteiger partial charge in [-0.25, -0.2) is 0 Å². The molecule has 4 nitrogen and oxygen atoms in total. The first-order chi connectivity index (χ1) is 11.0. The number of likely N-dealkylation sites (tertiary alicyclic amines) is 1. The van der Waals surface area contributed by atoms with E-state index >= 15 is 0 Å². The standard InChI is InChI=1S/C19H29NO3/c1-14(2)16-5-7-17(8-6-16)23-18-9-11-20(12-10-18)19(21)13-22-15(3)4/h5-8,14-15,18H,9-13H2,1-4H3. The second-order valence-electron chi connectivity index (χ2n) is 6.78. The Morgan fingerprint density at radius 1 is 1.13 bits per heavy atom. The Balaban J connectivity index is 1.77. The lowest BCUT2D eigenvalue weighted by Crippen LogP contribution is -2.43. The van der Waals surface area contributed by atoms with E-state index in [-0.39, 0.29) is 24.7 Å². The van der Waals surface area contributed by atoms with E-state index in [1.54, 1.807) is 0 Å². The first kappa shape index (κ1) is 17.8. The molecular formula is C19H29NO3. The first-order valence-electron chi connectivity index (χ1n) is 8.61. The molecule has 23 heavy (non-hydrogen) atoms. The number of hydrogen-bond donors (Lipinski definition) is 0. The maximum atomic E-state index is 12.0. The van der Waals surface area contributed by atoms with Gasteiger partial charge in [0, 0.05) is 25.9 Å². The minimum Gasteiger partial charge on any atom is -0.490 e. The molecule has 0 aliphatic carbocycles. The van der Waals surface area contributed by atoms with Gasteiger partial charge in [-0.2, -0.15) is 0 Å². The molecule has 4 heteroatoms. The number of hydrogen-bond acceptors (Lipinski definition) is 3. The first-order valence-corrected chi connectivity index (χ1v) is 8.61. The third kappa shape index (κ3) is 5.54. The van der Waals surface area contributed by atoms with Crippen molar-refractivity contribution in [3.63, 3.8) is 0 Å². The quantitative estimate of drug-likeness (QED) is 0.804. The van der Waals surface area contributed by atoms with Gasteiger partial charge in [-0.15, -0.1) is 0 Å². The molecule has 1 heterocycles. The fourth-order valence-corrected chi connectivity index (χ4v) is 2.68. The van der Waals surface area contributed by atoms with Gasteiger partial charge in [0.1, 0.15) is 18.5 Å². The van der Waals surface area contributed by atoms with Gasteiger partial charge in [0.05, 0.1) is 6.10 Å². The van der Waals surface area contributed by atoms with Crippen LogP contribution >= 0.6 is 0 Å². The number of piperidine rings is 1. The van der Waals surface area contributed by atoms with Crippen molar-refractivity contribution in [2.75, 3.05) is 19.7 Å². The summed E-state index contributed by atoms with van der Waals surface area (Å²) in [6, 6.07) is 8.34. The van der Waals surface area contributed by atoms with Crippen molar-refractivity contribution in [2.24, 2.45) is 0 Å². The van der Waals surface area contributed by atoms with Crippen molar-refractivity contribution >= 4 is 5.91 Å². The topological polar surface area (TPSA) is 38.8 Å². The van der Waals surface area contributed by atoms with Crippen LogP contribution in [-0.4, -0.2) is 42.7 Å². The van der Waals surface area contributed by atoms with Crippen LogP contribution in [0.25, 0.3) is 0 Å². The minimum atomic E-state index is 0.0819. The van der Waals surface area contributed by atoms with Gasteiger partial charge >= 0.3 is 0 Å². The Hall–Kier alpha value is -1.55. The highest BCUT2D eigenvalue weighted by atomic mass is 16.5. The summed E-state index contributed by atoms with van der Waals surface area (Å²) in [5.74, 6) is 1.53. The van der Waals surface area contributed by atoms with Gasteiger partial charge in [-0.1, -0.05) is 26.0 Å². The van der Waals surface area contributed by atoms with Crippen molar-refractivity contribution in [3.05, 3.63) is 29.8 Å². The molecule has 0 aromatic heterocycles. The lowest BCUT2D eigenvalue weighted by Gasteiger charge is -2.32. The highest BCUT2D eigenvalue weighted by Crippen LogP contribution is 2.22. The Labute approximate surface area is 139 Å². The summed E-state index contributed by atoms with van der Waals surface area (Å²) in [5.41, 5.74) is 1.32. The van der Waals surface area contributed by atoms with Crippen LogP contribution in [-0.2, 0) is 9.53 Å². The molecule has 1 aliphatic rings. The van der Waals surface area contributed by atoms with E-state index in [4.69, 9.17) is 9.47 Å². The van der Waals surface area contributed by atoms with Gasteiger partial charge in [0.15, 0.2) is 0 Å². The molecule has 1 aliphatic heterocycles. The van der Waals surface area contributed by atoms with Crippen LogP contribution in [0.4, 0.5) is 0 Å². The number of amides is 1. The zero-order chi connectivity index (χ0) is 16.8. The second-order valence-corrected chi connectivity index (χ2v) is 6.78. The lowest BCUT2D eigenvalue weighted by atomic mass is 10.0. The molecule has 0 saturated carbocycles. The lowest BCUT2D eigenvalue weighted by molar-refractivity contribution is -0.139. The van der Waals surface area contributed by atoms with E-state index in [2.05, 4.69) is 26.0 Å². The molecule has 0 bridgehead atoms. The van der Waals surface area contributed by atoms with E-state index in [0.29, 0.717) is 5.92 Å². The maximum Gasteiger partial charge on any atom is 0.248 e. The van der Waals surface area contributed by atoms with E-state index in [9.17, 15) is 4.79 Å². The number of carbonyl (C=O) groups excluding carboxylic acids is 1. The van der Waals surface area contributed by atoms with Crippen LogP contribution in [0.5, 0.6) is 5.75 Å². The third-order valence-corrected chi connectivity index (χ3v) is 4.18. The number of rotatable bonds is 6. The molecule has 0 atom stereocenters. The van der Waals surface area contributed by atoms with E-state index in [0.717, 1.165) is 31.7 Å². The molecule has 0 spiro atoms. The van der Waals surface area contributed by atoms with Crippen LogP contribution in [0.3, 0.4) is 0 Å². The number of benzene rings is 1. The van der Waals surface area contributed by atoms with Gasteiger partial charge in [0.25, 0.3) is 0 Å². The maximum absolute atomic E-state index is 12.0. The van der Waals surface area contributed by atoms with Crippen molar-refractivity contribution in [1.29, 1.82) is 0 Å². The Morgan fingerprint density at radius 2 is 1.74 bits per heavy atom. The van der Waals surface area contributed by atoms with Crippen molar-refractivity contribution in [3.8, 4) is 5.75 Å². The van der Waals surface area contributed by atoms with Gasteiger partial charge in [0.2, 0.25) is 5.91 Å². The van der Waals surface area contributed by atoms with Crippen LogP contribution in [0.2, 0.25) is 0 Å². The van der Waals surface area contributed by atoms with E-state index < -0.39 is 0 Å². The Kier molecular flexibility index (Phi) is 6.46. The van der Waals surface area contributed by atoms with E-state index in [1.165, 1.54) is 5.56 Å². The van der Waals surface area contributed by atoms with Gasteiger partial charge in [-0.05, 0) is 37.5 Å². The highest BCUT2D eigenvalue weighted by molar-refractivity contribution is 5.77. The largest absolute Gasteiger partial charge is 0.490 e. The van der Waals surface area contributed by atoms with Crippen molar-refractivity contribution in [1.82, 2.24) is 4.90 Å². The Bertz CT molecular complexity index is 488. The Morgan fingerprint density at radius 3 is 2.26 bits per heavy atom. The molecule has 1 amide bonds. The van der Waals surface area contributed by atoms with Gasteiger partial charge in [-0.3, -0.25) is 4.79 Å². The molecule has 128 valence electrons. The van der Waals surface area contributed by atoms with Crippen LogP contribution < -0.4 is 4.74 Å². The van der Waals surface area contributed by atoms with Gasteiger partial charge < -0.3 is 14.4 Å². The second kappa shape index (κ2) is 8.34. The highest BCUT2D eigenvalue weighted by Gasteiger charge is 2.24. The predicted octanol–water partition coefficient (Wildman–Crippen LogP) is 3.60. The molecule has 0 N–H and O–H groups in total. The molecule has 0 radical (unpaired) electrons. The molecule has 2 rings (SSSR count). The van der Waals surface area contributed by atoms with E-state index in [1.807, 2.05) is 30.9 Å². The molecule has 1 saturated heterocycles. The third-order valence-electron chi connectivity index (χ3n) is 4.18. The zero-order valence-electron chi connectivity index (χ0n) is 14.7. The van der Waals surface area contributed by atoms with Crippen molar-refractivity contribution < 1.29 is 14.3 Å². The summed E-state index contributed by atoms with van der Waals surface area (Å²) >= 11 is 0. The van der Waals surface area contributed by atoms with Crippen LogP contribution in [0.1, 0.15) is 52.0 Å². The SMILES string of the molecule is CC(C)OCC(=O)N1CCC(Oc2ccc(C(C)C)cc2)CC1. The number of nitrogens with zero attached hydrogens (tertiary/aromatic N) is 1. The van der Waals surface area contributed by atoms with Crippen molar-refractivity contribution in [2.45, 2.75) is 58.7 Å². The fraction of sp³-hybridized carbons (Fsp3) is 0.632. The van der Waals surface area contributed by atoms with Crippen LogP contribution in [0.15, 0.2) is 24.3 Å². The average molecular weight is 319 g/mol. The summed E-state index contributed by atoms with van der Waals surface area (Å²) in [7, 11) is 0. The van der Waals surface area contributed by atoms with Crippen LogP contribution in [0, 0.1) is 0 Å². The molecule has 1 aromatic carbocycles. The number of carbonyl (C=O) groups is 1.